The summed E-state index contributed by atoms with van der Waals surface area (Å²) >= 11 is 1.28. The van der Waals surface area contributed by atoms with Crippen molar-refractivity contribution in [1.29, 1.82) is 0 Å². The normalized spacial score (nSPS) is 19.1. The van der Waals surface area contributed by atoms with E-state index in [1.165, 1.54) is 24.8 Å². The molecule has 11 heteroatoms. The third-order valence-electron chi connectivity index (χ3n) is 5.45. The van der Waals surface area contributed by atoms with Crippen LogP contribution in [0, 0.1) is 13.8 Å². The van der Waals surface area contributed by atoms with E-state index in [1.54, 1.807) is 6.07 Å². The first-order valence-corrected chi connectivity index (χ1v) is 11.8. The third-order valence-corrected chi connectivity index (χ3v) is 6.79. The number of carbonyl (C=O) groups excluding carboxylic acids is 3. The monoisotopic (exact) mass is 500 g/mol. The van der Waals surface area contributed by atoms with Crippen LogP contribution in [0.25, 0.3) is 0 Å². The van der Waals surface area contributed by atoms with Crippen LogP contribution in [0.3, 0.4) is 0 Å². The van der Waals surface area contributed by atoms with Crippen LogP contribution >= 0.6 is 11.8 Å². The second kappa shape index (κ2) is 9.87. The summed E-state index contributed by atoms with van der Waals surface area (Å²) in [7, 11) is 0. The second-order valence-electron chi connectivity index (χ2n) is 8.28. The van der Waals surface area contributed by atoms with Gasteiger partial charge in [0, 0.05) is 18.2 Å². The quantitative estimate of drug-likeness (QED) is 0.414. The van der Waals surface area contributed by atoms with Gasteiger partial charge < -0.3 is 24.3 Å². The Morgan fingerprint density at radius 1 is 1.17 bits per heavy atom. The minimum Gasteiger partial charge on any atom is -0.486 e. The summed E-state index contributed by atoms with van der Waals surface area (Å²) in [6.45, 7) is 5.08. The first kappa shape index (κ1) is 24.4. The molecule has 1 fully saturated rings. The van der Waals surface area contributed by atoms with Crippen molar-refractivity contribution in [3.05, 3.63) is 64.2 Å². The molecular weight excluding hydrogens is 476 g/mol. The average Bonchev–Trinajstić information content (AvgIpc) is 3.27. The lowest BCUT2D eigenvalue weighted by Crippen LogP contribution is -2.70. The Kier molecular flexibility index (Phi) is 6.88. The SMILES string of the molecule is CC(=O)OCC1=C(C(=O)O)N2C(=O)[C@H](NC(=O)c3ccc(COc4cc(C)cc(C)c4)o3)[C@H]2SC1. The van der Waals surface area contributed by atoms with Crippen molar-refractivity contribution in [3.8, 4) is 5.75 Å². The van der Waals surface area contributed by atoms with E-state index in [2.05, 4.69) is 5.32 Å². The number of hydrogen-bond donors (Lipinski definition) is 2. The number of amides is 2. The van der Waals surface area contributed by atoms with Crippen LogP contribution in [-0.4, -0.2) is 57.5 Å². The van der Waals surface area contributed by atoms with Crippen molar-refractivity contribution in [2.75, 3.05) is 12.4 Å². The molecule has 0 bridgehead atoms. The van der Waals surface area contributed by atoms with Crippen LogP contribution in [0.2, 0.25) is 0 Å². The Morgan fingerprint density at radius 3 is 2.54 bits per heavy atom. The number of carboxylic acid groups (broad SMARTS) is 1. The summed E-state index contributed by atoms with van der Waals surface area (Å²) in [5, 5.41) is 11.6. The van der Waals surface area contributed by atoms with E-state index < -0.39 is 35.2 Å². The zero-order valence-electron chi connectivity index (χ0n) is 19.3. The highest BCUT2D eigenvalue weighted by Gasteiger charge is 2.54. The number of aryl methyl sites for hydroxylation is 2. The predicted octanol–water partition coefficient (Wildman–Crippen LogP) is 2.39. The molecule has 4 rings (SSSR count). The van der Waals surface area contributed by atoms with Crippen molar-refractivity contribution in [2.24, 2.45) is 0 Å². The summed E-state index contributed by atoms with van der Waals surface area (Å²) in [6, 6.07) is 8.04. The van der Waals surface area contributed by atoms with Crippen LogP contribution in [0.5, 0.6) is 5.75 Å². The van der Waals surface area contributed by atoms with Gasteiger partial charge in [0.05, 0.1) is 0 Å². The Hall–Kier alpha value is -3.73. The van der Waals surface area contributed by atoms with E-state index in [1.807, 2.05) is 32.0 Å². The third kappa shape index (κ3) is 5.19. The highest BCUT2D eigenvalue weighted by molar-refractivity contribution is 8.00. The van der Waals surface area contributed by atoms with E-state index in [0.29, 0.717) is 17.1 Å². The largest absolute Gasteiger partial charge is 0.486 e. The van der Waals surface area contributed by atoms with Gasteiger partial charge in [-0.2, -0.15) is 0 Å². The molecule has 2 atom stereocenters. The second-order valence-corrected chi connectivity index (χ2v) is 9.38. The van der Waals surface area contributed by atoms with Crippen molar-refractivity contribution < 1.29 is 38.2 Å². The first-order chi connectivity index (χ1) is 16.6. The fourth-order valence-corrected chi connectivity index (χ4v) is 5.27. The van der Waals surface area contributed by atoms with Gasteiger partial charge in [-0.15, -0.1) is 11.8 Å². The van der Waals surface area contributed by atoms with Crippen LogP contribution in [0.15, 0.2) is 46.0 Å². The molecule has 2 N–H and O–H groups in total. The highest BCUT2D eigenvalue weighted by Crippen LogP contribution is 2.40. The number of furan rings is 1. The molecular formula is C24H24N2O8S. The maximum Gasteiger partial charge on any atom is 0.352 e. The van der Waals surface area contributed by atoms with E-state index in [-0.39, 0.29) is 30.4 Å². The van der Waals surface area contributed by atoms with Gasteiger partial charge in [-0.3, -0.25) is 19.3 Å². The van der Waals surface area contributed by atoms with Gasteiger partial charge in [0.2, 0.25) is 0 Å². The molecule has 2 aliphatic heterocycles. The highest BCUT2D eigenvalue weighted by atomic mass is 32.2. The molecule has 0 saturated carbocycles. The summed E-state index contributed by atoms with van der Waals surface area (Å²) < 4.78 is 16.2. The Labute approximate surface area is 205 Å². The van der Waals surface area contributed by atoms with E-state index in [9.17, 15) is 24.3 Å². The number of ether oxygens (including phenoxy) is 2. The molecule has 2 aromatic rings. The van der Waals surface area contributed by atoms with Gasteiger partial charge in [0.25, 0.3) is 11.8 Å². The number of benzene rings is 1. The molecule has 0 unspecified atom stereocenters. The number of esters is 1. The van der Waals surface area contributed by atoms with Crippen molar-refractivity contribution >= 4 is 35.5 Å². The topological polar surface area (TPSA) is 135 Å². The molecule has 2 aliphatic rings. The van der Waals surface area contributed by atoms with Gasteiger partial charge in [-0.25, -0.2) is 4.79 Å². The van der Waals surface area contributed by atoms with Gasteiger partial charge in [0.1, 0.15) is 41.8 Å². The van der Waals surface area contributed by atoms with Crippen molar-refractivity contribution in [1.82, 2.24) is 10.2 Å². The molecule has 2 amide bonds. The van der Waals surface area contributed by atoms with Gasteiger partial charge in [-0.1, -0.05) is 6.07 Å². The number of β-lactam (4-membered cyclic amide) rings is 1. The summed E-state index contributed by atoms with van der Waals surface area (Å²) in [6.07, 6.45) is 0. The fraction of sp³-hybridized carbons (Fsp3) is 0.333. The van der Waals surface area contributed by atoms with Gasteiger partial charge in [0.15, 0.2) is 5.76 Å². The summed E-state index contributed by atoms with van der Waals surface area (Å²) in [4.78, 5) is 49.4. The Bertz CT molecular complexity index is 1210. The molecule has 0 spiro atoms. The molecule has 1 aromatic heterocycles. The van der Waals surface area contributed by atoms with Crippen LogP contribution in [0.4, 0.5) is 0 Å². The summed E-state index contributed by atoms with van der Waals surface area (Å²) in [5.74, 6) is -1.60. The first-order valence-electron chi connectivity index (χ1n) is 10.8. The number of thioether (sulfide) groups is 1. The maximum atomic E-state index is 12.7. The molecule has 0 radical (unpaired) electrons. The van der Waals surface area contributed by atoms with Crippen LogP contribution in [-0.2, 0) is 25.7 Å². The number of nitrogens with zero attached hydrogens (tertiary/aromatic N) is 1. The molecule has 10 nitrogen and oxygen atoms in total. The number of nitrogens with one attached hydrogen (secondary N) is 1. The Morgan fingerprint density at radius 2 is 1.89 bits per heavy atom. The van der Waals surface area contributed by atoms with Crippen LogP contribution < -0.4 is 10.1 Å². The van der Waals surface area contributed by atoms with Crippen molar-refractivity contribution in [3.63, 3.8) is 0 Å². The zero-order chi connectivity index (χ0) is 25.3. The lowest BCUT2D eigenvalue weighted by molar-refractivity contribution is -0.149. The molecule has 3 heterocycles. The molecule has 184 valence electrons. The molecule has 35 heavy (non-hydrogen) atoms. The average molecular weight is 501 g/mol. The minimum atomic E-state index is -1.30. The Balaban J connectivity index is 1.38. The lowest BCUT2D eigenvalue weighted by atomic mass is 10.0. The molecule has 1 saturated heterocycles. The zero-order valence-corrected chi connectivity index (χ0v) is 20.1. The predicted molar refractivity (Wildman–Crippen MR) is 125 cm³/mol. The molecule has 0 aliphatic carbocycles. The number of rotatable bonds is 8. The van der Waals surface area contributed by atoms with E-state index >= 15 is 0 Å². The number of aliphatic carboxylic acids is 1. The number of carboxylic acids is 1. The number of carbonyl (C=O) groups is 4. The van der Waals surface area contributed by atoms with Crippen LogP contribution in [0.1, 0.15) is 34.4 Å². The van der Waals surface area contributed by atoms with Crippen molar-refractivity contribution in [2.45, 2.75) is 38.8 Å². The smallest absolute Gasteiger partial charge is 0.352 e. The van der Waals surface area contributed by atoms with E-state index in [4.69, 9.17) is 13.9 Å². The lowest BCUT2D eigenvalue weighted by Gasteiger charge is -2.49. The van der Waals surface area contributed by atoms with E-state index in [0.717, 1.165) is 16.0 Å². The number of hydrogen-bond acceptors (Lipinski definition) is 8. The minimum absolute atomic E-state index is 0.0145. The standard InChI is InChI=1S/C24H24N2O8S/c1-12-6-13(2)8-17(7-12)33-10-16-4-5-18(34-16)21(28)25-19-22(29)26-20(24(30)31)15(9-32-14(3)27)11-35-23(19)26/h4-8,19,23H,9-11H2,1-3H3,(H,25,28)(H,30,31)/t19-,23+/m0/s1. The molecule has 1 aromatic carbocycles. The van der Waals surface area contributed by atoms with Gasteiger partial charge >= 0.3 is 11.9 Å². The number of fused-ring (bicyclic) bond motifs is 1. The maximum absolute atomic E-state index is 12.7. The fourth-order valence-electron chi connectivity index (χ4n) is 3.94. The summed E-state index contributed by atoms with van der Waals surface area (Å²) in [5.41, 5.74) is 2.25. The van der Waals surface area contributed by atoms with Gasteiger partial charge in [-0.05, 0) is 49.2 Å².